The number of amides is 2. The summed E-state index contributed by atoms with van der Waals surface area (Å²) >= 11 is 0. The van der Waals surface area contributed by atoms with Gasteiger partial charge in [0.2, 0.25) is 15.9 Å². The summed E-state index contributed by atoms with van der Waals surface area (Å²) in [6.45, 7) is 3.67. The number of nitrogens with zero attached hydrogens (tertiary/aromatic N) is 1. The molecule has 1 aromatic heterocycles. The quantitative estimate of drug-likeness (QED) is 0.510. The first kappa shape index (κ1) is 22.3. The predicted molar refractivity (Wildman–Crippen MR) is 121 cm³/mol. The average molecular weight is 468 g/mol. The van der Waals surface area contributed by atoms with Crippen molar-refractivity contribution < 1.29 is 27.2 Å². The van der Waals surface area contributed by atoms with E-state index in [-0.39, 0.29) is 30.5 Å². The number of hydrogen-bond donors (Lipinski definition) is 2. The molecule has 10 heteroatoms. The zero-order valence-corrected chi connectivity index (χ0v) is 18.3. The molecule has 170 valence electrons. The number of benzene rings is 2. The van der Waals surface area contributed by atoms with Crippen LogP contribution in [0.15, 0.2) is 82.6 Å². The first-order chi connectivity index (χ1) is 15.8. The Kier molecular flexibility index (Phi) is 6.29. The maximum Gasteiger partial charge on any atom is 0.411 e. The van der Waals surface area contributed by atoms with Crippen LogP contribution >= 0.6 is 0 Å². The summed E-state index contributed by atoms with van der Waals surface area (Å²) in [6, 6.07) is 16.7. The zero-order valence-electron chi connectivity index (χ0n) is 17.5. The molecular formula is C23H21N3O6S. The Balaban J connectivity index is 1.35. The van der Waals surface area contributed by atoms with Crippen LogP contribution in [0.3, 0.4) is 0 Å². The number of sulfonamides is 1. The monoisotopic (exact) mass is 467 g/mol. The van der Waals surface area contributed by atoms with Gasteiger partial charge in [0.25, 0.3) is 0 Å². The summed E-state index contributed by atoms with van der Waals surface area (Å²) in [4.78, 5) is 23.4. The highest BCUT2D eigenvalue weighted by atomic mass is 32.2. The maximum atomic E-state index is 13.0. The molecule has 0 saturated carbocycles. The lowest BCUT2D eigenvalue weighted by molar-refractivity contribution is -0.112. The largest absolute Gasteiger partial charge is 0.444 e. The van der Waals surface area contributed by atoms with Crippen molar-refractivity contribution >= 4 is 33.6 Å². The van der Waals surface area contributed by atoms with Gasteiger partial charge < -0.3 is 9.15 Å². The third-order valence-electron chi connectivity index (χ3n) is 4.95. The van der Waals surface area contributed by atoms with E-state index < -0.39 is 22.0 Å². The second-order valence-electron chi connectivity index (χ2n) is 7.24. The highest BCUT2D eigenvalue weighted by Crippen LogP contribution is 2.33. The maximum absolute atomic E-state index is 13.0. The number of anilines is 2. The van der Waals surface area contributed by atoms with Crippen molar-refractivity contribution in [1.29, 1.82) is 0 Å². The summed E-state index contributed by atoms with van der Waals surface area (Å²) in [5, 5.41) is 5.08. The fourth-order valence-electron chi connectivity index (χ4n) is 3.28. The van der Waals surface area contributed by atoms with Crippen LogP contribution in [0, 0.1) is 0 Å². The number of furan rings is 1. The van der Waals surface area contributed by atoms with Crippen molar-refractivity contribution in [3.63, 3.8) is 0 Å². The highest BCUT2D eigenvalue weighted by molar-refractivity contribution is 7.89. The number of fused-ring (bicyclic) bond motifs is 1. The van der Waals surface area contributed by atoms with Crippen molar-refractivity contribution in [2.75, 3.05) is 10.6 Å². The number of carbonyl (C=O) groups is 2. The van der Waals surface area contributed by atoms with E-state index in [1.165, 1.54) is 28.6 Å². The molecule has 4 rings (SSSR count). The Morgan fingerprint density at radius 2 is 1.79 bits per heavy atom. The Hall–Kier alpha value is -3.89. The second kappa shape index (κ2) is 9.31. The molecule has 0 aliphatic carbocycles. The molecule has 0 spiro atoms. The van der Waals surface area contributed by atoms with Gasteiger partial charge in [0.15, 0.2) is 5.88 Å². The van der Waals surface area contributed by atoms with Gasteiger partial charge in [0.05, 0.1) is 11.4 Å². The van der Waals surface area contributed by atoms with Gasteiger partial charge in [-0.15, -0.1) is 0 Å². The van der Waals surface area contributed by atoms with Crippen LogP contribution in [-0.2, 0) is 39.3 Å². The molecule has 0 atom stereocenters. The topological polar surface area (TPSA) is 118 Å². The minimum absolute atomic E-state index is 0.0490. The molecule has 0 saturated heterocycles. The van der Waals surface area contributed by atoms with Crippen LogP contribution in [0.1, 0.15) is 16.9 Å². The first-order valence-electron chi connectivity index (χ1n) is 9.98. The van der Waals surface area contributed by atoms with Crippen LogP contribution in [0.25, 0.3) is 0 Å². The molecule has 2 amide bonds. The molecule has 1 aliphatic heterocycles. The van der Waals surface area contributed by atoms with Crippen LogP contribution in [0.2, 0.25) is 0 Å². The second-order valence-corrected chi connectivity index (χ2v) is 9.17. The minimum Gasteiger partial charge on any atom is -0.444 e. The van der Waals surface area contributed by atoms with Crippen LogP contribution in [-0.4, -0.2) is 24.7 Å². The lowest BCUT2D eigenvalue weighted by Gasteiger charge is -2.16. The molecule has 0 radical (unpaired) electrons. The number of rotatable bonds is 7. The van der Waals surface area contributed by atoms with Crippen molar-refractivity contribution in [2.24, 2.45) is 0 Å². The zero-order chi connectivity index (χ0) is 23.4. The molecular weight excluding hydrogens is 446 g/mol. The summed E-state index contributed by atoms with van der Waals surface area (Å²) in [7, 11) is -3.78. The van der Waals surface area contributed by atoms with Gasteiger partial charge in [-0.05, 0) is 35.9 Å². The van der Waals surface area contributed by atoms with Gasteiger partial charge in [-0.25, -0.2) is 13.2 Å². The van der Waals surface area contributed by atoms with E-state index >= 15 is 0 Å². The van der Waals surface area contributed by atoms with Crippen molar-refractivity contribution in [2.45, 2.75) is 24.6 Å². The first-order valence-corrected chi connectivity index (χ1v) is 11.4. The van der Waals surface area contributed by atoms with E-state index in [4.69, 9.17) is 9.15 Å². The minimum atomic E-state index is -3.78. The van der Waals surface area contributed by atoms with Crippen molar-refractivity contribution in [3.8, 4) is 0 Å². The molecule has 33 heavy (non-hydrogen) atoms. The van der Waals surface area contributed by atoms with Gasteiger partial charge in [-0.1, -0.05) is 36.9 Å². The fraction of sp³-hybridized carbons (Fsp3) is 0.130. The van der Waals surface area contributed by atoms with E-state index in [9.17, 15) is 18.0 Å². The van der Waals surface area contributed by atoms with Crippen molar-refractivity contribution in [1.82, 2.24) is 4.31 Å². The number of hydrogen-bond acceptors (Lipinski definition) is 6. The standard InChI is InChI=1S/C23H21N3O6S/c1-2-21(27)25-22-12-17-13-26(14-20(17)32-22)33(29,30)19-10-8-18(9-11-19)24-23(28)31-15-16-6-4-3-5-7-16/h2-12H,1,13-15H2,(H,24,28)(H,25,27). The SMILES string of the molecule is C=CC(=O)Nc1cc2c(o1)CN(S(=O)(=O)c1ccc(NC(=O)OCc3ccccc3)cc1)C2. The van der Waals surface area contributed by atoms with Crippen LogP contribution in [0.5, 0.6) is 0 Å². The molecule has 2 heterocycles. The van der Waals surface area contributed by atoms with Gasteiger partial charge in [-0.3, -0.25) is 15.4 Å². The van der Waals surface area contributed by atoms with Gasteiger partial charge in [-0.2, -0.15) is 4.31 Å². The van der Waals surface area contributed by atoms with Gasteiger partial charge in [0.1, 0.15) is 12.4 Å². The number of carbonyl (C=O) groups excluding carboxylic acids is 2. The van der Waals surface area contributed by atoms with Crippen molar-refractivity contribution in [3.05, 3.63) is 90.2 Å². The molecule has 0 fully saturated rings. The van der Waals surface area contributed by atoms with E-state index in [2.05, 4.69) is 17.2 Å². The molecule has 0 unspecified atom stereocenters. The Morgan fingerprint density at radius 1 is 1.06 bits per heavy atom. The summed E-state index contributed by atoms with van der Waals surface area (Å²) in [5.41, 5.74) is 1.94. The number of nitrogens with one attached hydrogen (secondary N) is 2. The van der Waals surface area contributed by atoms with Gasteiger partial charge in [0, 0.05) is 23.9 Å². The lowest BCUT2D eigenvalue weighted by atomic mass is 10.2. The van der Waals surface area contributed by atoms with E-state index in [0.717, 1.165) is 11.6 Å². The Labute approximate surface area is 190 Å². The highest BCUT2D eigenvalue weighted by Gasteiger charge is 2.33. The molecule has 2 aromatic carbocycles. The summed E-state index contributed by atoms with van der Waals surface area (Å²) in [5.74, 6) is 0.304. The van der Waals surface area contributed by atoms with Crippen LogP contribution < -0.4 is 10.6 Å². The van der Waals surface area contributed by atoms with Gasteiger partial charge >= 0.3 is 6.09 Å². The lowest BCUT2D eigenvalue weighted by Crippen LogP contribution is -2.25. The summed E-state index contributed by atoms with van der Waals surface area (Å²) < 4.78 is 37.9. The Morgan fingerprint density at radius 3 is 2.45 bits per heavy atom. The predicted octanol–water partition coefficient (Wildman–Crippen LogP) is 3.86. The third kappa shape index (κ3) is 5.13. The molecule has 2 N–H and O–H groups in total. The van der Waals surface area contributed by atoms with E-state index in [1.54, 1.807) is 6.07 Å². The number of ether oxygens (including phenoxy) is 1. The Bertz CT molecular complexity index is 1260. The molecule has 1 aliphatic rings. The molecule has 9 nitrogen and oxygen atoms in total. The molecule has 3 aromatic rings. The summed E-state index contributed by atoms with van der Waals surface area (Å²) in [6.07, 6.45) is 0.476. The van der Waals surface area contributed by atoms with Crippen LogP contribution in [0.4, 0.5) is 16.4 Å². The van der Waals surface area contributed by atoms with E-state index in [0.29, 0.717) is 17.0 Å². The van der Waals surface area contributed by atoms with E-state index in [1.807, 2.05) is 30.3 Å². The fourth-order valence-corrected chi connectivity index (χ4v) is 4.65. The normalized spacial score (nSPS) is 13.2. The molecule has 0 bridgehead atoms. The third-order valence-corrected chi connectivity index (χ3v) is 6.75. The smallest absolute Gasteiger partial charge is 0.411 e. The average Bonchev–Trinajstić information content (AvgIpc) is 3.38.